The van der Waals surface area contributed by atoms with Crippen LogP contribution in [0.2, 0.25) is 0 Å². The van der Waals surface area contributed by atoms with Gasteiger partial charge in [0.25, 0.3) is 0 Å². The second kappa shape index (κ2) is 5.41. The lowest BCUT2D eigenvalue weighted by atomic mass is 10.2. The van der Waals surface area contributed by atoms with Crippen LogP contribution in [-0.4, -0.2) is 43.0 Å². The lowest BCUT2D eigenvalue weighted by Crippen LogP contribution is -2.28. The van der Waals surface area contributed by atoms with E-state index in [0.29, 0.717) is 0 Å². The minimum atomic E-state index is -0.135. The molecule has 16 heavy (non-hydrogen) atoms. The first-order chi connectivity index (χ1) is 7.74. The third-order valence-corrected chi connectivity index (χ3v) is 3.11. The van der Waals surface area contributed by atoms with Gasteiger partial charge in [-0.1, -0.05) is 12.1 Å². The summed E-state index contributed by atoms with van der Waals surface area (Å²) in [6.07, 6.45) is 1.20. The molecule has 2 rings (SSSR count). The average Bonchev–Trinajstić information content (AvgIpc) is 2.44. The van der Waals surface area contributed by atoms with Gasteiger partial charge in [-0.25, -0.2) is 4.39 Å². The molecule has 0 N–H and O–H groups in total. The van der Waals surface area contributed by atoms with Gasteiger partial charge >= 0.3 is 0 Å². The SMILES string of the molecule is CN1CCCN(Cc2cccc(F)c2)CC1. The van der Waals surface area contributed by atoms with Gasteiger partial charge in [0.2, 0.25) is 0 Å². The summed E-state index contributed by atoms with van der Waals surface area (Å²) in [7, 11) is 2.16. The monoisotopic (exact) mass is 222 g/mol. The molecule has 0 amide bonds. The minimum Gasteiger partial charge on any atom is -0.305 e. The zero-order valence-corrected chi connectivity index (χ0v) is 9.82. The molecule has 3 heteroatoms. The van der Waals surface area contributed by atoms with Gasteiger partial charge in [0.15, 0.2) is 0 Å². The maximum Gasteiger partial charge on any atom is 0.123 e. The van der Waals surface area contributed by atoms with Crippen molar-refractivity contribution >= 4 is 0 Å². The number of halogens is 1. The van der Waals surface area contributed by atoms with Gasteiger partial charge in [0, 0.05) is 19.6 Å². The fourth-order valence-corrected chi connectivity index (χ4v) is 2.15. The van der Waals surface area contributed by atoms with Gasteiger partial charge < -0.3 is 4.90 Å². The van der Waals surface area contributed by atoms with Crippen LogP contribution in [0.15, 0.2) is 24.3 Å². The van der Waals surface area contributed by atoms with E-state index in [4.69, 9.17) is 0 Å². The molecule has 0 bridgehead atoms. The predicted molar refractivity (Wildman–Crippen MR) is 63.8 cm³/mol. The minimum absolute atomic E-state index is 0.135. The quantitative estimate of drug-likeness (QED) is 0.755. The fourth-order valence-electron chi connectivity index (χ4n) is 2.15. The molecule has 1 aromatic rings. The van der Waals surface area contributed by atoms with Crippen molar-refractivity contribution in [1.29, 1.82) is 0 Å². The van der Waals surface area contributed by atoms with Crippen molar-refractivity contribution in [3.63, 3.8) is 0 Å². The molecule has 0 aromatic heterocycles. The first kappa shape index (κ1) is 11.6. The Labute approximate surface area is 96.7 Å². The molecule has 0 spiro atoms. The molecule has 0 aliphatic carbocycles. The number of nitrogens with zero attached hydrogens (tertiary/aromatic N) is 2. The van der Waals surface area contributed by atoms with E-state index in [1.54, 1.807) is 12.1 Å². The molecule has 1 saturated heterocycles. The highest BCUT2D eigenvalue weighted by Gasteiger charge is 2.12. The van der Waals surface area contributed by atoms with Crippen LogP contribution in [-0.2, 0) is 6.54 Å². The molecule has 0 saturated carbocycles. The van der Waals surface area contributed by atoms with Crippen molar-refractivity contribution in [1.82, 2.24) is 9.80 Å². The van der Waals surface area contributed by atoms with Crippen LogP contribution in [0, 0.1) is 5.82 Å². The van der Waals surface area contributed by atoms with Crippen LogP contribution >= 0.6 is 0 Å². The zero-order chi connectivity index (χ0) is 11.4. The molecule has 2 nitrogen and oxygen atoms in total. The van der Waals surface area contributed by atoms with Gasteiger partial charge in [-0.3, -0.25) is 4.90 Å². The summed E-state index contributed by atoms with van der Waals surface area (Å²) in [6, 6.07) is 6.92. The summed E-state index contributed by atoms with van der Waals surface area (Å²) in [4.78, 5) is 4.75. The summed E-state index contributed by atoms with van der Waals surface area (Å²) in [5.41, 5.74) is 1.07. The number of likely N-dealkylation sites (N-methyl/N-ethyl adjacent to an activating group) is 1. The van der Waals surface area contributed by atoms with Gasteiger partial charge in [-0.2, -0.15) is 0 Å². The van der Waals surface area contributed by atoms with Crippen LogP contribution in [0.1, 0.15) is 12.0 Å². The molecular formula is C13H19FN2. The summed E-state index contributed by atoms with van der Waals surface area (Å²) < 4.78 is 13.0. The van der Waals surface area contributed by atoms with Crippen molar-refractivity contribution in [3.8, 4) is 0 Å². The largest absolute Gasteiger partial charge is 0.305 e. The van der Waals surface area contributed by atoms with E-state index >= 15 is 0 Å². The van der Waals surface area contributed by atoms with Crippen LogP contribution in [0.25, 0.3) is 0 Å². The van der Waals surface area contributed by atoms with E-state index in [9.17, 15) is 4.39 Å². The van der Waals surface area contributed by atoms with Crippen molar-refractivity contribution in [3.05, 3.63) is 35.6 Å². The molecule has 88 valence electrons. The summed E-state index contributed by atoms with van der Waals surface area (Å²) in [5.74, 6) is -0.135. The van der Waals surface area contributed by atoms with Crippen molar-refractivity contribution in [2.24, 2.45) is 0 Å². The molecule has 1 aliphatic rings. The Kier molecular flexibility index (Phi) is 3.91. The van der Waals surface area contributed by atoms with E-state index < -0.39 is 0 Å². The number of hydrogen-bond donors (Lipinski definition) is 0. The van der Waals surface area contributed by atoms with Crippen molar-refractivity contribution < 1.29 is 4.39 Å². The topological polar surface area (TPSA) is 6.48 Å². The number of hydrogen-bond acceptors (Lipinski definition) is 2. The molecule has 0 radical (unpaired) electrons. The smallest absolute Gasteiger partial charge is 0.123 e. The van der Waals surface area contributed by atoms with Crippen LogP contribution in [0.3, 0.4) is 0 Å². The van der Waals surface area contributed by atoms with Crippen LogP contribution in [0.5, 0.6) is 0 Å². The normalized spacial score (nSPS) is 19.6. The fraction of sp³-hybridized carbons (Fsp3) is 0.538. The number of rotatable bonds is 2. The highest BCUT2D eigenvalue weighted by Crippen LogP contribution is 2.09. The van der Waals surface area contributed by atoms with E-state index in [2.05, 4.69) is 16.8 Å². The molecular weight excluding hydrogens is 203 g/mol. The second-order valence-corrected chi connectivity index (χ2v) is 4.56. The van der Waals surface area contributed by atoms with E-state index in [1.165, 1.54) is 19.0 Å². The highest BCUT2D eigenvalue weighted by molar-refractivity contribution is 5.16. The molecule has 1 aliphatic heterocycles. The van der Waals surface area contributed by atoms with E-state index in [1.807, 2.05) is 6.07 Å². The van der Waals surface area contributed by atoms with Crippen LogP contribution in [0.4, 0.5) is 4.39 Å². The highest BCUT2D eigenvalue weighted by atomic mass is 19.1. The molecule has 1 aromatic carbocycles. The second-order valence-electron chi connectivity index (χ2n) is 4.56. The molecule has 0 unspecified atom stereocenters. The third kappa shape index (κ3) is 3.29. The van der Waals surface area contributed by atoms with Crippen LogP contribution < -0.4 is 0 Å². The van der Waals surface area contributed by atoms with Gasteiger partial charge in [-0.15, -0.1) is 0 Å². The Morgan fingerprint density at radius 3 is 2.88 bits per heavy atom. The first-order valence-corrected chi connectivity index (χ1v) is 5.89. The van der Waals surface area contributed by atoms with Gasteiger partial charge in [-0.05, 0) is 44.3 Å². The van der Waals surface area contributed by atoms with Gasteiger partial charge in [0.05, 0.1) is 0 Å². The standard InChI is InChI=1S/C13H19FN2/c1-15-6-3-7-16(9-8-15)11-12-4-2-5-13(14)10-12/h2,4-5,10H,3,6-9,11H2,1H3. The maximum atomic E-state index is 13.0. The lowest BCUT2D eigenvalue weighted by Gasteiger charge is -2.20. The molecule has 1 fully saturated rings. The Morgan fingerprint density at radius 1 is 1.19 bits per heavy atom. The Morgan fingerprint density at radius 2 is 2.06 bits per heavy atom. The average molecular weight is 222 g/mol. The zero-order valence-electron chi connectivity index (χ0n) is 9.82. The summed E-state index contributed by atoms with van der Waals surface area (Å²) in [5, 5.41) is 0. The molecule has 1 heterocycles. The molecule has 0 atom stereocenters. The Hall–Kier alpha value is -0.930. The van der Waals surface area contributed by atoms with Crippen molar-refractivity contribution in [2.45, 2.75) is 13.0 Å². The lowest BCUT2D eigenvalue weighted by molar-refractivity contribution is 0.269. The maximum absolute atomic E-state index is 13.0. The van der Waals surface area contributed by atoms with Gasteiger partial charge in [0.1, 0.15) is 5.82 Å². The summed E-state index contributed by atoms with van der Waals surface area (Å²) in [6.45, 7) is 5.33. The summed E-state index contributed by atoms with van der Waals surface area (Å²) >= 11 is 0. The van der Waals surface area contributed by atoms with E-state index in [-0.39, 0.29) is 5.82 Å². The predicted octanol–water partition coefficient (Wildman–Crippen LogP) is 1.96. The Bertz CT molecular complexity index is 340. The Balaban J connectivity index is 1.93. The third-order valence-electron chi connectivity index (χ3n) is 3.11. The van der Waals surface area contributed by atoms with E-state index in [0.717, 1.165) is 31.7 Å². The number of benzene rings is 1. The van der Waals surface area contributed by atoms with Crippen molar-refractivity contribution in [2.75, 3.05) is 33.2 Å². The first-order valence-electron chi connectivity index (χ1n) is 5.89.